The van der Waals surface area contributed by atoms with Gasteiger partial charge in [-0.25, -0.2) is 4.98 Å². The van der Waals surface area contributed by atoms with Gasteiger partial charge in [-0.05, 0) is 36.1 Å². The molecule has 4 rings (SSSR count). The van der Waals surface area contributed by atoms with Crippen LogP contribution in [0.25, 0.3) is 11.0 Å². The van der Waals surface area contributed by atoms with Crippen molar-refractivity contribution < 1.29 is 4.79 Å². The SMILES string of the molecule is O=C(Cc1ccccc1)NCCc1nc2ccccc2n1CCCc1ccccc1. The van der Waals surface area contributed by atoms with E-state index in [-0.39, 0.29) is 5.91 Å². The maximum atomic E-state index is 12.3. The molecule has 1 aromatic heterocycles. The van der Waals surface area contributed by atoms with Crippen LogP contribution in [0.5, 0.6) is 0 Å². The van der Waals surface area contributed by atoms with Crippen LogP contribution in [-0.4, -0.2) is 22.0 Å². The number of nitrogens with one attached hydrogen (secondary N) is 1. The zero-order chi connectivity index (χ0) is 20.6. The third kappa shape index (κ3) is 5.15. The van der Waals surface area contributed by atoms with E-state index in [2.05, 4.69) is 58.4 Å². The predicted molar refractivity (Wildman–Crippen MR) is 121 cm³/mol. The molecule has 0 saturated heterocycles. The Bertz CT molecular complexity index is 1090. The number of carbonyl (C=O) groups excluding carboxylic acids is 1. The van der Waals surface area contributed by atoms with E-state index < -0.39 is 0 Å². The van der Waals surface area contributed by atoms with E-state index in [9.17, 15) is 4.79 Å². The van der Waals surface area contributed by atoms with Crippen LogP contribution < -0.4 is 5.32 Å². The first-order valence-electron chi connectivity index (χ1n) is 10.6. The second-order valence-electron chi connectivity index (χ2n) is 7.52. The van der Waals surface area contributed by atoms with Gasteiger partial charge in [-0.3, -0.25) is 4.79 Å². The topological polar surface area (TPSA) is 46.9 Å². The molecule has 1 N–H and O–H groups in total. The highest BCUT2D eigenvalue weighted by Crippen LogP contribution is 2.17. The van der Waals surface area contributed by atoms with Gasteiger partial charge in [0.25, 0.3) is 0 Å². The molecule has 3 aromatic carbocycles. The van der Waals surface area contributed by atoms with E-state index in [1.54, 1.807) is 0 Å². The van der Waals surface area contributed by atoms with Crippen molar-refractivity contribution in [2.24, 2.45) is 0 Å². The van der Waals surface area contributed by atoms with Gasteiger partial charge in [-0.15, -0.1) is 0 Å². The number of hydrogen-bond donors (Lipinski definition) is 1. The summed E-state index contributed by atoms with van der Waals surface area (Å²) in [5.74, 6) is 1.08. The highest BCUT2D eigenvalue weighted by Gasteiger charge is 2.11. The minimum atomic E-state index is 0.0490. The van der Waals surface area contributed by atoms with Gasteiger partial charge < -0.3 is 9.88 Å². The molecule has 30 heavy (non-hydrogen) atoms. The van der Waals surface area contributed by atoms with Crippen LogP contribution in [0, 0.1) is 0 Å². The van der Waals surface area contributed by atoms with Gasteiger partial charge in [0.1, 0.15) is 5.82 Å². The van der Waals surface area contributed by atoms with Crippen LogP contribution in [0.2, 0.25) is 0 Å². The van der Waals surface area contributed by atoms with Crippen molar-refractivity contribution in [2.45, 2.75) is 32.2 Å². The van der Waals surface area contributed by atoms with Crippen molar-refractivity contribution in [1.82, 2.24) is 14.9 Å². The van der Waals surface area contributed by atoms with Gasteiger partial charge in [0.15, 0.2) is 0 Å². The van der Waals surface area contributed by atoms with E-state index in [4.69, 9.17) is 4.98 Å². The minimum absolute atomic E-state index is 0.0490. The van der Waals surface area contributed by atoms with E-state index in [0.29, 0.717) is 13.0 Å². The Morgan fingerprint density at radius 3 is 2.23 bits per heavy atom. The molecule has 0 bridgehead atoms. The summed E-state index contributed by atoms with van der Waals surface area (Å²) >= 11 is 0. The molecule has 0 atom stereocenters. The Kier molecular flexibility index (Phi) is 6.55. The van der Waals surface area contributed by atoms with E-state index in [0.717, 1.165) is 48.2 Å². The lowest BCUT2D eigenvalue weighted by Gasteiger charge is -2.10. The maximum absolute atomic E-state index is 12.3. The number of fused-ring (bicyclic) bond motifs is 1. The van der Waals surface area contributed by atoms with Gasteiger partial charge in [0.05, 0.1) is 17.5 Å². The number of nitrogens with zero attached hydrogens (tertiary/aromatic N) is 2. The number of aromatic nitrogens is 2. The number of carbonyl (C=O) groups is 1. The number of rotatable bonds is 9. The molecule has 0 aliphatic carbocycles. The van der Waals surface area contributed by atoms with Gasteiger partial charge in [0, 0.05) is 19.5 Å². The number of imidazole rings is 1. The molecule has 0 saturated carbocycles. The zero-order valence-corrected chi connectivity index (χ0v) is 17.1. The highest BCUT2D eigenvalue weighted by atomic mass is 16.1. The molecule has 4 heteroatoms. The van der Waals surface area contributed by atoms with Crippen LogP contribution in [0.3, 0.4) is 0 Å². The maximum Gasteiger partial charge on any atom is 0.224 e. The smallest absolute Gasteiger partial charge is 0.224 e. The van der Waals surface area contributed by atoms with Crippen molar-refractivity contribution in [3.05, 3.63) is 102 Å². The van der Waals surface area contributed by atoms with E-state index in [1.807, 2.05) is 36.4 Å². The largest absolute Gasteiger partial charge is 0.355 e. The number of benzene rings is 3. The minimum Gasteiger partial charge on any atom is -0.355 e. The van der Waals surface area contributed by atoms with Crippen LogP contribution in [0.4, 0.5) is 0 Å². The quantitative estimate of drug-likeness (QED) is 0.450. The number of hydrogen-bond acceptors (Lipinski definition) is 2. The van der Waals surface area contributed by atoms with Gasteiger partial charge >= 0.3 is 0 Å². The summed E-state index contributed by atoms with van der Waals surface area (Å²) in [6.45, 7) is 1.51. The molecule has 1 amide bonds. The summed E-state index contributed by atoms with van der Waals surface area (Å²) in [7, 11) is 0. The second kappa shape index (κ2) is 9.88. The molecule has 0 unspecified atom stereocenters. The standard InChI is InChI=1S/C26H27N3O/c30-26(20-22-12-5-2-6-13-22)27-18-17-25-28-23-15-7-8-16-24(23)29(25)19-9-14-21-10-3-1-4-11-21/h1-8,10-13,15-16H,9,14,17-20H2,(H,27,30). The average Bonchev–Trinajstić information content (AvgIpc) is 3.13. The summed E-state index contributed by atoms with van der Waals surface area (Å²) in [5.41, 5.74) is 4.57. The Morgan fingerprint density at radius 2 is 1.47 bits per heavy atom. The average molecular weight is 398 g/mol. The molecular weight excluding hydrogens is 370 g/mol. The zero-order valence-electron chi connectivity index (χ0n) is 17.1. The summed E-state index contributed by atoms with van der Waals surface area (Å²) < 4.78 is 2.31. The molecule has 0 radical (unpaired) electrons. The number of para-hydroxylation sites is 2. The third-order valence-corrected chi connectivity index (χ3v) is 5.30. The fourth-order valence-corrected chi connectivity index (χ4v) is 3.81. The van der Waals surface area contributed by atoms with Gasteiger partial charge in [0.2, 0.25) is 5.91 Å². The van der Waals surface area contributed by atoms with Crippen molar-refractivity contribution in [3.63, 3.8) is 0 Å². The Hall–Kier alpha value is -3.40. The first kappa shape index (κ1) is 19.9. The summed E-state index contributed by atoms with van der Waals surface area (Å²) in [6.07, 6.45) is 3.23. The Labute approximate surface area is 177 Å². The van der Waals surface area contributed by atoms with Crippen LogP contribution in [0.15, 0.2) is 84.9 Å². The molecule has 0 spiro atoms. The molecule has 4 nitrogen and oxygen atoms in total. The third-order valence-electron chi connectivity index (χ3n) is 5.30. The normalized spacial score (nSPS) is 10.9. The summed E-state index contributed by atoms with van der Waals surface area (Å²) in [5, 5.41) is 3.04. The van der Waals surface area contributed by atoms with Crippen molar-refractivity contribution in [1.29, 1.82) is 0 Å². The first-order valence-corrected chi connectivity index (χ1v) is 10.6. The van der Waals surface area contributed by atoms with Crippen molar-refractivity contribution in [3.8, 4) is 0 Å². The number of amides is 1. The van der Waals surface area contributed by atoms with Crippen molar-refractivity contribution in [2.75, 3.05) is 6.54 Å². The Balaban J connectivity index is 1.37. The number of aryl methyl sites for hydroxylation is 2. The first-order chi connectivity index (χ1) is 14.8. The van der Waals surface area contributed by atoms with Crippen LogP contribution >= 0.6 is 0 Å². The molecular formula is C26H27N3O. The molecule has 1 heterocycles. The predicted octanol–water partition coefficient (Wildman–Crippen LogP) is 4.57. The Morgan fingerprint density at radius 1 is 0.800 bits per heavy atom. The molecule has 0 fully saturated rings. The lowest BCUT2D eigenvalue weighted by atomic mass is 10.1. The lowest BCUT2D eigenvalue weighted by molar-refractivity contribution is -0.120. The van der Waals surface area contributed by atoms with Gasteiger partial charge in [-0.1, -0.05) is 72.8 Å². The monoisotopic (exact) mass is 397 g/mol. The van der Waals surface area contributed by atoms with E-state index >= 15 is 0 Å². The second-order valence-corrected chi connectivity index (χ2v) is 7.52. The van der Waals surface area contributed by atoms with Crippen LogP contribution in [0.1, 0.15) is 23.4 Å². The lowest BCUT2D eigenvalue weighted by Crippen LogP contribution is -2.28. The highest BCUT2D eigenvalue weighted by molar-refractivity contribution is 5.78. The van der Waals surface area contributed by atoms with Gasteiger partial charge in [-0.2, -0.15) is 0 Å². The summed E-state index contributed by atoms with van der Waals surface area (Å²) in [6, 6.07) is 28.7. The summed E-state index contributed by atoms with van der Waals surface area (Å²) in [4.78, 5) is 17.1. The molecule has 0 aliphatic rings. The fraction of sp³-hybridized carbons (Fsp3) is 0.231. The molecule has 152 valence electrons. The fourth-order valence-electron chi connectivity index (χ4n) is 3.81. The molecule has 0 aliphatic heterocycles. The van der Waals surface area contributed by atoms with Crippen molar-refractivity contribution >= 4 is 16.9 Å². The molecule has 4 aromatic rings. The van der Waals surface area contributed by atoms with E-state index in [1.165, 1.54) is 5.56 Å². The van der Waals surface area contributed by atoms with Crippen LogP contribution in [-0.2, 0) is 30.6 Å².